The predicted molar refractivity (Wildman–Crippen MR) is 152 cm³/mol. The third-order valence-electron chi connectivity index (χ3n) is 8.92. The molecule has 9 heteroatoms. The summed E-state index contributed by atoms with van der Waals surface area (Å²) in [6.07, 6.45) is 8.38. The largest absolute Gasteiger partial charge is 0.395 e. The quantitative estimate of drug-likeness (QED) is 0.329. The van der Waals surface area contributed by atoms with E-state index in [0.717, 1.165) is 32.1 Å². The Bertz CT molecular complexity index is 1110. The van der Waals surface area contributed by atoms with Crippen LogP contribution in [0.3, 0.4) is 0 Å². The van der Waals surface area contributed by atoms with Crippen molar-refractivity contribution < 1.29 is 24.2 Å². The number of halogens is 1. The van der Waals surface area contributed by atoms with Gasteiger partial charge in [0.25, 0.3) is 0 Å². The maximum absolute atomic E-state index is 14.4. The molecule has 6 atom stereocenters. The minimum Gasteiger partial charge on any atom is -0.395 e. The molecular weight excluding hydrogens is 562 g/mol. The molecule has 0 aromatic heterocycles. The molecule has 39 heavy (non-hydrogen) atoms. The maximum Gasteiger partial charge on any atom is 0.248 e. The molecule has 8 nitrogen and oxygen atoms in total. The van der Waals surface area contributed by atoms with Crippen LogP contribution in [0.15, 0.2) is 55.6 Å². The molecule has 0 radical (unpaired) electrons. The van der Waals surface area contributed by atoms with Gasteiger partial charge >= 0.3 is 0 Å². The van der Waals surface area contributed by atoms with Crippen molar-refractivity contribution in [3.8, 4) is 0 Å². The number of β-amino-alcohol motifs (C(OH)–C–C–N with tert-alkyl or cyclic N) is 1. The van der Waals surface area contributed by atoms with Crippen molar-refractivity contribution in [2.45, 2.75) is 67.1 Å². The zero-order valence-corrected chi connectivity index (χ0v) is 23.9. The maximum atomic E-state index is 14.4. The standard InChI is InChI=1S/C30H38BrN3O5/c1-3-15-32(20-11-7-5-8-12-20)27(36)23-24-28(37)34(17-18-35)26(30(24)19-22(31)25(23)39-30)29(38)33(16-4-2)21-13-9-6-10-14-21/h3-5,7-8,11-12,21-26,35H,1-2,6,9-10,13-19H2/t22?,23-,24+,25-,26?,30?/m1/s1. The van der Waals surface area contributed by atoms with Crippen LogP contribution < -0.4 is 4.90 Å². The van der Waals surface area contributed by atoms with E-state index in [0.29, 0.717) is 18.7 Å². The normalized spacial score (nSPS) is 31.7. The van der Waals surface area contributed by atoms with Crippen molar-refractivity contribution >= 4 is 39.3 Å². The van der Waals surface area contributed by atoms with E-state index in [9.17, 15) is 19.5 Å². The Hall–Kier alpha value is -2.49. The predicted octanol–water partition coefficient (Wildman–Crippen LogP) is 3.29. The Kier molecular flexibility index (Phi) is 8.31. The van der Waals surface area contributed by atoms with Crippen LogP contribution in [0.2, 0.25) is 0 Å². The molecule has 4 fully saturated rings. The van der Waals surface area contributed by atoms with E-state index in [-0.39, 0.29) is 48.3 Å². The second kappa shape index (κ2) is 11.6. The fourth-order valence-electron chi connectivity index (χ4n) is 7.39. The van der Waals surface area contributed by atoms with Crippen LogP contribution in [0.25, 0.3) is 0 Å². The van der Waals surface area contributed by atoms with Crippen LogP contribution in [-0.4, -0.2) is 87.5 Å². The van der Waals surface area contributed by atoms with Crippen LogP contribution >= 0.6 is 15.9 Å². The molecule has 1 aromatic rings. The van der Waals surface area contributed by atoms with Gasteiger partial charge < -0.3 is 24.5 Å². The average molecular weight is 601 g/mol. The lowest BCUT2D eigenvalue weighted by Gasteiger charge is -2.41. The Morgan fingerprint density at radius 3 is 2.44 bits per heavy atom. The van der Waals surface area contributed by atoms with E-state index in [4.69, 9.17) is 4.74 Å². The Morgan fingerprint density at radius 2 is 1.79 bits per heavy atom. The van der Waals surface area contributed by atoms with Crippen molar-refractivity contribution in [1.29, 1.82) is 0 Å². The van der Waals surface area contributed by atoms with Crippen molar-refractivity contribution in [2.24, 2.45) is 11.8 Å². The number of anilines is 1. The molecule has 1 N–H and O–H groups in total. The molecule has 5 rings (SSSR count). The van der Waals surface area contributed by atoms with E-state index >= 15 is 0 Å². The number of ether oxygens (including phenoxy) is 1. The summed E-state index contributed by atoms with van der Waals surface area (Å²) in [7, 11) is 0. The zero-order chi connectivity index (χ0) is 27.7. The van der Waals surface area contributed by atoms with Gasteiger partial charge in [-0.05, 0) is 31.4 Å². The first-order valence-corrected chi connectivity index (χ1v) is 14.9. The van der Waals surface area contributed by atoms with Gasteiger partial charge in [-0.3, -0.25) is 14.4 Å². The average Bonchev–Trinajstić information content (AvgIpc) is 3.54. The summed E-state index contributed by atoms with van der Waals surface area (Å²) in [6.45, 7) is 8.12. The molecule has 3 aliphatic heterocycles. The third-order valence-corrected chi connectivity index (χ3v) is 9.76. The highest BCUT2D eigenvalue weighted by molar-refractivity contribution is 9.09. The number of hydrogen-bond acceptors (Lipinski definition) is 5. The Morgan fingerprint density at radius 1 is 1.10 bits per heavy atom. The second-order valence-electron chi connectivity index (χ2n) is 11.1. The summed E-state index contributed by atoms with van der Waals surface area (Å²) in [5, 5.41) is 9.93. The molecule has 210 valence electrons. The Labute approximate surface area is 238 Å². The van der Waals surface area contributed by atoms with E-state index in [1.807, 2.05) is 35.2 Å². The smallest absolute Gasteiger partial charge is 0.248 e. The van der Waals surface area contributed by atoms with Gasteiger partial charge in [0.2, 0.25) is 17.7 Å². The molecule has 1 aliphatic carbocycles. The van der Waals surface area contributed by atoms with E-state index < -0.39 is 29.6 Å². The van der Waals surface area contributed by atoms with Gasteiger partial charge in [-0.1, -0.05) is 65.5 Å². The number of hydrogen-bond donors (Lipinski definition) is 1. The Balaban J connectivity index is 1.54. The highest BCUT2D eigenvalue weighted by Crippen LogP contribution is 2.60. The number of rotatable bonds is 10. The molecule has 1 aromatic carbocycles. The van der Waals surface area contributed by atoms with Crippen LogP contribution in [0.1, 0.15) is 38.5 Å². The van der Waals surface area contributed by atoms with Crippen LogP contribution in [-0.2, 0) is 19.1 Å². The lowest BCUT2D eigenvalue weighted by Crippen LogP contribution is -2.59. The van der Waals surface area contributed by atoms with Crippen LogP contribution in [0.4, 0.5) is 5.69 Å². The topological polar surface area (TPSA) is 90.4 Å². The summed E-state index contributed by atoms with van der Waals surface area (Å²) in [6, 6.07) is 8.49. The van der Waals surface area contributed by atoms with E-state index in [2.05, 4.69) is 29.1 Å². The molecule has 1 spiro atoms. The number of amides is 3. The first-order chi connectivity index (χ1) is 18.9. The molecule has 4 aliphatic rings. The summed E-state index contributed by atoms with van der Waals surface area (Å²) < 4.78 is 6.65. The number of nitrogens with zero attached hydrogens (tertiary/aromatic N) is 3. The van der Waals surface area contributed by atoms with Crippen molar-refractivity contribution in [1.82, 2.24) is 9.80 Å². The fraction of sp³-hybridized carbons (Fsp3) is 0.567. The number of para-hydroxylation sites is 1. The number of aliphatic hydroxyl groups is 1. The first-order valence-electron chi connectivity index (χ1n) is 14.0. The van der Waals surface area contributed by atoms with Gasteiger partial charge in [0.05, 0.1) is 24.5 Å². The monoisotopic (exact) mass is 599 g/mol. The number of carbonyl (C=O) groups is 3. The van der Waals surface area contributed by atoms with Gasteiger partial charge in [-0.2, -0.15) is 0 Å². The molecule has 3 saturated heterocycles. The van der Waals surface area contributed by atoms with Gasteiger partial charge in [0.15, 0.2) is 0 Å². The number of fused-ring (bicyclic) bond motifs is 1. The number of carbonyl (C=O) groups excluding carboxylic acids is 3. The molecule has 3 amide bonds. The summed E-state index contributed by atoms with van der Waals surface area (Å²) in [5.41, 5.74) is -0.433. The molecule has 3 unspecified atom stereocenters. The van der Waals surface area contributed by atoms with Crippen LogP contribution in [0, 0.1) is 11.8 Å². The summed E-state index contributed by atoms with van der Waals surface area (Å²) in [4.78, 5) is 47.6. The highest BCUT2D eigenvalue weighted by atomic mass is 79.9. The number of likely N-dealkylation sites (tertiary alicyclic amines) is 1. The minimum absolute atomic E-state index is 0.0109. The first kappa shape index (κ1) is 28.1. The lowest BCUT2D eigenvalue weighted by atomic mass is 9.70. The summed E-state index contributed by atoms with van der Waals surface area (Å²) in [5.74, 6) is -2.26. The SMILES string of the molecule is C=CCN(C(=O)[C@H]1[C@@H]2OC3(CC2Br)C(C(=O)N(CC=C)C2CCCCC2)N(CCO)C(=O)[C@H]13)c1ccccc1. The van der Waals surface area contributed by atoms with Crippen LogP contribution in [0.5, 0.6) is 0 Å². The van der Waals surface area contributed by atoms with Gasteiger partial charge in [-0.25, -0.2) is 0 Å². The van der Waals surface area contributed by atoms with Crippen molar-refractivity contribution in [3.05, 3.63) is 55.6 Å². The molecule has 3 heterocycles. The molecule has 1 saturated carbocycles. The molecular formula is C30H38BrN3O5. The zero-order valence-electron chi connectivity index (χ0n) is 22.3. The second-order valence-corrected chi connectivity index (χ2v) is 12.2. The van der Waals surface area contributed by atoms with Crippen molar-refractivity contribution in [3.63, 3.8) is 0 Å². The number of aliphatic hydroxyl groups excluding tert-OH is 1. The fourth-order valence-corrected chi connectivity index (χ4v) is 8.33. The third kappa shape index (κ3) is 4.66. The highest BCUT2D eigenvalue weighted by Gasteiger charge is 2.77. The molecule has 2 bridgehead atoms. The lowest BCUT2D eigenvalue weighted by molar-refractivity contribution is -0.150. The van der Waals surface area contributed by atoms with E-state index in [1.54, 1.807) is 17.1 Å². The minimum atomic E-state index is -1.15. The van der Waals surface area contributed by atoms with Gasteiger partial charge in [0.1, 0.15) is 11.6 Å². The van der Waals surface area contributed by atoms with Crippen molar-refractivity contribution in [2.75, 3.05) is 31.1 Å². The summed E-state index contributed by atoms with van der Waals surface area (Å²) >= 11 is 3.74. The van der Waals surface area contributed by atoms with Gasteiger partial charge in [0, 0.05) is 36.2 Å². The number of benzene rings is 1. The van der Waals surface area contributed by atoms with E-state index in [1.165, 1.54) is 4.90 Å². The number of alkyl halides is 1. The van der Waals surface area contributed by atoms with Gasteiger partial charge in [-0.15, -0.1) is 13.2 Å².